The van der Waals surface area contributed by atoms with Crippen LogP contribution in [0.1, 0.15) is 70.4 Å². The van der Waals surface area contributed by atoms with Gasteiger partial charge < -0.3 is 4.90 Å². The number of nitrogens with zero attached hydrogens (tertiary/aromatic N) is 2. The van der Waals surface area contributed by atoms with E-state index in [0.717, 1.165) is 44.7 Å². The monoisotopic (exact) mass is 433 g/mol. The molecule has 8 heteroatoms. The number of likely N-dealkylation sites (tertiary alicyclic amines) is 1. The van der Waals surface area contributed by atoms with Gasteiger partial charge in [0.15, 0.2) is 5.78 Å². The molecule has 31 heavy (non-hydrogen) atoms. The van der Waals surface area contributed by atoms with Gasteiger partial charge in [-0.15, -0.1) is 0 Å². The van der Waals surface area contributed by atoms with Crippen molar-refractivity contribution in [2.45, 2.75) is 77.2 Å². The number of ketones is 1. The average Bonchev–Trinajstić information content (AvgIpc) is 3.39. The molecule has 1 aromatic heterocycles. The predicted octanol–water partition coefficient (Wildman–Crippen LogP) is 3.20. The molecule has 3 rings (SSSR count). The van der Waals surface area contributed by atoms with Crippen LogP contribution in [0.15, 0.2) is 18.3 Å². The summed E-state index contributed by atoms with van der Waals surface area (Å²) in [5.74, 6) is -1.91. The topological polar surface area (TPSA) is 99.6 Å². The van der Waals surface area contributed by atoms with Crippen LogP contribution in [0.4, 0.5) is 4.39 Å². The van der Waals surface area contributed by atoms with E-state index in [1.807, 2.05) is 6.92 Å². The van der Waals surface area contributed by atoms with E-state index in [1.54, 1.807) is 10.4 Å². The number of pyridine rings is 1. The van der Waals surface area contributed by atoms with Gasteiger partial charge in [0.05, 0.1) is 18.7 Å². The second-order valence-corrected chi connectivity index (χ2v) is 9.08. The van der Waals surface area contributed by atoms with Crippen molar-refractivity contribution in [2.75, 3.05) is 6.54 Å². The average molecular weight is 434 g/mol. The summed E-state index contributed by atoms with van der Waals surface area (Å²) in [5.41, 5.74) is 2.06. The van der Waals surface area contributed by atoms with Gasteiger partial charge in [0.25, 0.3) is 0 Å². The van der Waals surface area contributed by atoms with Crippen LogP contribution < -0.4 is 5.48 Å². The molecule has 1 aliphatic carbocycles. The Morgan fingerprint density at radius 1 is 1.32 bits per heavy atom. The van der Waals surface area contributed by atoms with E-state index in [1.165, 1.54) is 12.1 Å². The number of halogens is 1. The molecule has 2 atom stereocenters. The van der Waals surface area contributed by atoms with Crippen molar-refractivity contribution in [1.29, 1.82) is 0 Å². The number of hydroxylamine groups is 1. The van der Waals surface area contributed by atoms with Gasteiger partial charge in [-0.2, -0.15) is 0 Å². The highest BCUT2D eigenvalue weighted by Gasteiger charge is 2.50. The molecule has 1 spiro atoms. The maximum absolute atomic E-state index is 13.5. The first-order valence-electron chi connectivity index (χ1n) is 11.2. The van der Waals surface area contributed by atoms with Gasteiger partial charge in [0.2, 0.25) is 11.8 Å². The molecule has 2 N–H and O–H groups in total. The standard InChI is InChI=1S/C23H32FN3O4/c1-2-3-6-16(11-21(29)26-31)22(30)27-15-23(9-4-5-10-23)13-19(27)20(28)12-18-8-7-17(24)14-25-18/h7-8,14,16,19,31H,2-6,9-13,15H2,1H3,(H,26,29)/t16-,19+/m1/s1. The quantitative estimate of drug-likeness (QED) is 0.460. The summed E-state index contributed by atoms with van der Waals surface area (Å²) in [6.45, 7) is 2.54. The van der Waals surface area contributed by atoms with E-state index >= 15 is 0 Å². The Kier molecular flexibility index (Phi) is 7.75. The molecular formula is C23H32FN3O4. The second-order valence-electron chi connectivity index (χ2n) is 9.08. The zero-order valence-corrected chi connectivity index (χ0v) is 18.1. The van der Waals surface area contributed by atoms with Crippen molar-refractivity contribution < 1.29 is 24.0 Å². The van der Waals surface area contributed by atoms with Crippen molar-refractivity contribution in [2.24, 2.45) is 11.3 Å². The Balaban J connectivity index is 1.80. The van der Waals surface area contributed by atoms with Crippen LogP contribution in [-0.4, -0.2) is 45.3 Å². The minimum Gasteiger partial charge on any atom is -0.332 e. The van der Waals surface area contributed by atoms with E-state index in [2.05, 4.69) is 4.98 Å². The first-order chi connectivity index (χ1) is 14.9. The number of unbranched alkanes of at least 4 members (excludes halogenated alkanes) is 1. The van der Waals surface area contributed by atoms with Gasteiger partial charge in [-0.05, 0) is 43.2 Å². The second kappa shape index (κ2) is 10.3. The van der Waals surface area contributed by atoms with E-state index in [-0.39, 0.29) is 29.9 Å². The van der Waals surface area contributed by atoms with Crippen molar-refractivity contribution in [3.05, 3.63) is 29.8 Å². The van der Waals surface area contributed by atoms with Gasteiger partial charge in [-0.1, -0.05) is 32.6 Å². The fourth-order valence-electron chi connectivity index (χ4n) is 5.14. The molecular weight excluding hydrogens is 401 g/mol. The van der Waals surface area contributed by atoms with Crippen molar-refractivity contribution >= 4 is 17.6 Å². The van der Waals surface area contributed by atoms with Crippen LogP contribution in [-0.2, 0) is 20.8 Å². The minimum atomic E-state index is -0.595. The van der Waals surface area contributed by atoms with E-state index in [0.29, 0.717) is 25.1 Å². The van der Waals surface area contributed by atoms with Gasteiger partial charge >= 0.3 is 0 Å². The molecule has 170 valence electrons. The largest absolute Gasteiger partial charge is 0.332 e. The molecule has 1 saturated heterocycles. The van der Waals surface area contributed by atoms with Crippen LogP contribution in [0.5, 0.6) is 0 Å². The van der Waals surface area contributed by atoms with Crippen molar-refractivity contribution in [3.63, 3.8) is 0 Å². The number of nitrogens with one attached hydrogen (secondary N) is 1. The normalized spacial score (nSPS) is 20.7. The number of amides is 2. The number of carbonyl (C=O) groups excluding carboxylic acids is 3. The Morgan fingerprint density at radius 2 is 2.06 bits per heavy atom. The molecule has 1 saturated carbocycles. The first kappa shape index (κ1) is 23.3. The number of carbonyl (C=O) groups is 3. The molecule has 2 aliphatic rings. The van der Waals surface area contributed by atoms with Gasteiger partial charge in [-0.3, -0.25) is 24.6 Å². The number of aromatic nitrogens is 1. The third-order valence-corrected chi connectivity index (χ3v) is 6.78. The summed E-state index contributed by atoms with van der Waals surface area (Å²) >= 11 is 0. The smallest absolute Gasteiger partial charge is 0.244 e. The Morgan fingerprint density at radius 3 is 2.68 bits per heavy atom. The van der Waals surface area contributed by atoms with Crippen LogP contribution in [0, 0.1) is 17.2 Å². The molecule has 2 amide bonds. The fourth-order valence-corrected chi connectivity index (χ4v) is 5.14. The lowest BCUT2D eigenvalue weighted by Crippen LogP contribution is -2.45. The van der Waals surface area contributed by atoms with Crippen molar-refractivity contribution in [3.8, 4) is 0 Å². The number of hydrogen-bond donors (Lipinski definition) is 2. The van der Waals surface area contributed by atoms with Crippen LogP contribution in [0.2, 0.25) is 0 Å². The molecule has 2 heterocycles. The van der Waals surface area contributed by atoms with E-state index < -0.39 is 23.7 Å². The molecule has 2 fully saturated rings. The summed E-state index contributed by atoms with van der Waals surface area (Å²) in [7, 11) is 0. The summed E-state index contributed by atoms with van der Waals surface area (Å²) in [4.78, 5) is 44.2. The lowest BCUT2D eigenvalue weighted by atomic mass is 9.83. The SMILES string of the molecule is CCCC[C@H](CC(=O)NO)C(=O)N1CC2(CCCC2)C[C@H]1C(=O)Cc1ccc(F)cn1. The molecule has 0 unspecified atom stereocenters. The molecule has 0 radical (unpaired) electrons. The lowest BCUT2D eigenvalue weighted by molar-refractivity contribution is -0.144. The van der Waals surface area contributed by atoms with Gasteiger partial charge in [0.1, 0.15) is 5.82 Å². The molecule has 1 aromatic rings. The third kappa shape index (κ3) is 5.67. The highest BCUT2D eigenvalue weighted by atomic mass is 19.1. The summed E-state index contributed by atoms with van der Waals surface area (Å²) in [5, 5.41) is 8.94. The van der Waals surface area contributed by atoms with Gasteiger partial charge in [0, 0.05) is 24.6 Å². The first-order valence-corrected chi connectivity index (χ1v) is 11.2. The van der Waals surface area contributed by atoms with E-state index in [4.69, 9.17) is 5.21 Å². The van der Waals surface area contributed by atoms with Crippen LogP contribution in [0.25, 0.3) is 0 Å². The molecule has 1 aliphatic heterocycles. The number of rotatable bonds is 9. The third-order valence-electron chi connectivity index (χ3n) is 6.78. The Hall–Kier alpha value is -2.35. The van der Waals surface area contributed by atoms with E-state index in [9.17, 15) is 18.8 Å². The molecule has 0 aromatic carbocycles. The summed E-state index contributed by atoms with van der Waals surface area (Å²) in [6.07, 6.45) is 8.03. The zero-order chi connectivity index (χ0) is 22.4. The summed E-state index contributed by atoms with van der Waals surface area (Å²) < 4.78 is 13.2. The zero-order valence-electron chi connectivity index (χ0n) is 18.1. The Bertz CT molecular complexity index is 793. The van der Waals surface area contributed by atoms with Crippen molar-refractivity contribution in [1.82, 2.24) is 15.4 Å². The van der Waals surface area contributed by atoms with Crippen LogP contribution >= 0.6 is 0 Å². The predicted molar refractivity (Wildman–Crippen MR) is 111 cm³/mol. The van der Waals surface area contributed by atoms with Gasteiger partial charge in [-0.25, -0.2) is 9.87 Å². The summed E-state index contributed by atoms with van der Waals surface area (Å²) in [6, 6.07) is 2.22. The Labute approximate surface area is 182 Å². The fraction of sp³-hybridized carbons (Fsp3) is 0.652. The number of Topliss-reactive ketones (excluding diaryl/α,β-unsaturated/α-hetero) is 1. The molecule has 7 nitrogen and oxygen atoms in total. The molecule has 0 bridgehead atoms. The maximum atomic E-state index is 13.5. The van der Waals surface area contributed by atoms with Crippen LogP contribution in [0.3, 0.4) is 0 Å². The lowest BCUT2D eigenvalue weighted by Gasteiger charge is -2.29. The highest BCUT2D eigenvalue weighted by molar-refractivity contribution is 5.93. The maximum Gasteiger partial charge on any atom is 0.244 e. The minimum absolute atomic E-state index is 0.0409. The highest BCUT2D eigenvalue weighted by Crippen LogP contribution is 2.48. The number of hydrogen-bond acceptors (Lipinski definition) is 5.